The molecule has 0 saturated carbocycles. The lowest BCUT2D eigenvalue weighted by atomic mass is 9.95. The summed E-state index contributed by atoms with van der Waals surface area (Å²) in [6.07, 6.45) is 0. The number of nitrogens with zero attached hydrogens (tertiary/aromatic N) is 3. The number of para-hydroxylation sites is 1. The average molecular weight is 333 g/mol. The monoisotopic (exact) mass is 333 g/mol. The molecule has 0 radical (unpaired) electrons. The minimum Gasteiger partial charge on any atom is -0.503 e. The molecule has 1 aromatic rings. The second-order valence-electron chi connectivity index (χ2n) is 5.84. The second kappa shape index (κ2) is 6.79. The van der Waals surface area contributed by atoms with Crippen molar-refractivity contribution in [3.05, 3.63) is 51.3 Å². The van der Waals surface area contributed by atoms with Gasteiger partial charge in [0.25, 0.3) is 11.6 Å². The lowest BCUT2D eigenvalue weighted by molar-refractivity contribution is -0.385. The lowest BCUT2D eigenvalue weighted by Crippen LogP contribution is -2.36. The first-order valence-corrected chi connectivity index (χ1v) is 7.38. The maximum absolute atomic E-state index is 12.4. The predicted molar refractivity (Wildman–Crippen MR) is 86.4 cm³/mol. The predicted octanol–water partition coefficient (Wildman–Crippen LogP) is 1.44. The molecule has 0 aromatic heterocycles. The summed E-state index contributed by atoms with van der Waals surface area (Å²) in [7, 11) is 3.64. The molecule has 0 aliphatic carbocycles. The van der Waals surface area contributed by atoms with Crippen molar-refractivity contribution in [2.24, 2.45) is 0 Å². The summed E-state index contributed by atoms with van der Waals surface area (Å²) in [6.45, 7) is 1.95. The van der Waals surface area contributed by atoms with Crippen molar-refractivity contribution in [2.75, 3.05) is 27.2 Å². The van der Waals surface area contributed by atoms with Crippen molar-refractivity contribution in [2.45, 2.75) is 13.0 Å². The lowest BCUT2D eigenvalue weighted by Gasteiger charge is -2.27. The normalized spacial score (nSPS) is 17.8. The van der Waals surface area contributed by atoms with Crippen LogP contribution in [0.2, 0.25) is 0 Å². The van der Waals surface area contributed by atoms with Crippen molar-refractivity contribution in [1.82, 2.24) is 9.80 Å². The number of hydrogen-bond donors (Lipinski definition) is 1. The fourth-order valence-corrected chi connectivity index (χ4v) is 2.76. The number of benzene rings is 1. The summed E-state index contributed by atoms with van der Waals surface area (Å²) < 4.78 is 0. The van der Waals surface area contributed by atoms with E-state index in [2.05, 4.69) is 0 Å². The molecule has 8 nitrogen and oxygen atoms in total. The summed E-state index contributed by atoms with van der Waals surface area (Å²) in [5, 5.41) is 21.4. The molecular formula is C16H19N3O5. The van der Waals surface area contributed by atoms with Crippen molar-refractivity contribution in [1.29, 1.82) is 0 Å². The van der Waals surface area contributed by atoms with E-state index in [9.17, 15) is 24.8 Å². The number of aliphatic hydroxyl groups excluding tert-OH is 1. The zero-order valence-electron chi connectivity index (χ0n) is 13.7. The van der Waals surface area contributed by atoms with Gasteiger partial charge in [0, 0.05) is 19.2 Å². The van der Waals surface area contributed by atoms with Gasteiger partial charge in [-0.05, 0) is 27.1 Å². The molecule has 1 atom stereocenters. The van der Waals surface area contributed by atoms with Gasteiger partial charge in [0.05, 0.1) is 22.1 Å². The van der Waals surface area contributed by atoms with Crippen molar-refractivity contribution >= 4 is 17.4 Å². The Hall–Kier alpha value is -2.74. The molecule has 1 aliphatic heterocycles. The van der Waals surface area contributed by atoms with Crippen LogP contribution < -0.4 is 0 Å². The molecule has 1 N–H and O–H groups in total. The maximum Gasteiger partial charge on any atom is 0.290 e. The van der Waals surface area contributed by atoms with Gasteiger partial charge in [0.2, 0.25) is 0 Å². The smallest absolute Gasteiger partial charge is 0.290 e. The van der Waals surface area contributed by atoms with Gasteiger partial charge in [-0.1, -0.05) is 12.1 Å². The Balaban J connectivity index is 2.57. The van der Waals surface area contributed by atoms with Gasteiger partial charge in [-0.3, -0.25) is 19.7 Å². The van der Waals surface area contributed by atoms with Crippen LogP contribution in [-0.2, 0) is 9.59 Å². The number of amides is 1. The van der Waals surface area contributed by atoms with Gasteiger partial charge >= 0.3 is 0 Å². The molecular weight excluding hydrogens is 314 g/mol. The number of ketones is 1. The number of carbonyl (C=O) groups is 2. The molecule has 0 bridgehead atoms. The second-order valence-corrected chi connectivity index (χ2v) is 5.84. The molecule has 1 unspecified atom stereocenters. The Bertz CT molecular complexity index is 726. The van der Waals surface area contributed by atoms with Crippen LogP contribution in [0.3, 0.4) is 0 Å². The Morgan fingerprint density at radius 1 is 1.38 bits per heavy atom. The van der Waals surface area contributed by atoms with Crippen LogP contribution in [0, 0.1) is 10.1 Å². The van der Waals surface area contributed by atoms with Crippen LogP contribution in [0.1, 0.15) is 18.5 Å². The molecule has 128 valence electrons. The molecule has 0 saturated heterocycles. The zero-order valence-corrected chi connectivity index (χ0v) is 13.7. The Morgan fingerprint density at radius 3 is 2.54 bits per heavy atom. The average Bonchev–Trinajstić information content (AvgIpc) is 2.77. The van der Waals surface area contributed by atoms with Crippen molar-refractivity contribution in [3.63, 3.8) is 0 Å². The van der Waals surface area contributed by atoms with Crippen molar-refractivity contribution < 1.29 is 19.6 Å². The molecule has 1 aliphatic rings. The van der Waals surface area contributed by atoms with Crippen molar-refractivity contribution in [3.8, 4) is 0 Å². The van der Waals surface area contributed by atoms with Gasteiger partial charge in [0.1, 0.15) is 0 Å². The van der Waals surface area contributed by atoms with Gasteiger partial charge in [0.15, 0.2) is 11.5 Å². The van der Waals surface area contributed by atoms with Crippen LogP contribution in [0.5, 0.6) is 0 Å². The van der Waals surface area contributed by atoms with E-state index < -0.39 is 28.4 Å². The number of nitro groups is 1. The van der Waals surface area contributed by atoms with E-state index in [0.29, 0.717) is 6.54 Å². The highest BCUT2D eigenvalue weighted by Gasteiger charge is 2.44. The molecule has 24 heavy (non-hydrogen) atoms. The van der Waals surface area contributed by atoms with Crippen LogP contribution in [-0.4, -0.2) is 58.7 Å². The summed E-state index contributed by atoms with van der Waals surface area (Å²) in [4.78, 5) is 38.3. The fraction of sp³-hybridized carbons (Fsp3) is 0.375. The molecule has 2 rings (SSSR count). The largest absolute Gasteiger partial charge is 0.503 e. The van der Waals surface area contributed by atoms with Crippen LogP contribution in [0.25, 0.3) is 0 Å². The highest BCUT2D eigenvalue weighted by molar-refractivity contribution is 6.08. The number of Topliss-reactive ketones (excluding diaryl/α,β-unsaturated/α-hetero) is 1. The van der Waals surface area contributed by atoms with Crippen LogP contribution in [0.4, 0.5) is 5.69 Å². The number of aliphatic hydroxyl groups is 1. The first kappa shape index (κ1) is 17.6. The number of hydrogen-bond acceptors (Lipinski definition) is 6. The SMILES string of the molecule is CC(=O)C1=C(O)C(=O)N(CCN(C)C)C1c1ccccc1[N+](=O)[O-]. The zero-order chi connectivity index (χ0) is 18.0. The molecule has 0 spiro atoms. The van der Waals surface area contributed by atoms with E-state index >= 15 is 0 Å². The Kier molecular flexibility index (Phi) is 4.99. The van der Waals surface area contributed by atoms with Gasteiger partial charge in [-0.2, -0.15) is 0 Å². The molecule has 0 fully saturated rings. The fourth-order valence-electron chi connectivity index (χ4n) is 2.76. The topological polar surface area (TPSA) is 104 Å². The Morgan fingerprint density at radius 2 is 2.00 bits per heavy atom. The van der Waals surface area contributed by atoms with Crippen LogP contribution in [0.15, 0.2) is 35.6 Å². The van der Waals surface area contributed by atoms with E-state index in [1.54, 1.807) is 6.07 Å². The molecule has 1 heterocycles. The standard InChI is InChI=1S/C16H19N3O5/c1-10(20)13-14(11-6-4-5-7-12(11)19(23)24)18(9-8-17(2)3)16(22)15(13)21/h4-7,14,21H,8-9H2,1-3H3. The van der Waals surface area contributed by atoms with E-state index in [0.717, 1.165) is 0 Å². The molecule has 1 aromatic carbocycles. The van der Waals surface area contributed by atoms with Gasteiger partial charge < -0.3 is 14.9 Å². The third-order valence-electron chi connectivity index (χ3n) is 3.90. The summed E-state index contributed by atoms with van der Waals surface area (Å²) in [5.74, 6) is -1.81. The van der Waals surface area contributed by atoms with E-state index in [-0.39, 0.29) is 23.4 Å². The molecule has 1 amide bonds. The Labute approximate surface area is 139 Å². The number of rotatable bonds is 6. The quantitative estimate of drug-likeness (QED) is 0.624. The maximum atomic E-state index is 12.4. The first-order chi connectivity index (χ1) is 11.3. The van der Waals surface area contributed by atoms with E-state index in [1.165, 1.54) is 30.0 Å². The van der Waals surface area contributed by atoms with E-state index in [1.807, 2.05) is 19.0 Å². The molecule has 8 heteroatoms. The van der Waals surface area contributed by atoms with E-state index in [4.69, 9.17) is 0 Å². The summed E-state index contributed by atoms with van der Waals surface area (Å²) in [6, 6.07) is 4.97. The summed E-state index contributed by atoms with van der Waals surface area (Å²) >= 11 is 0. The summed E-state index contributed by atoms with van der Waals surface area (Å²) in [5.41, 5.74) is -0.0875. The third-order valence-corrected chi connectivity index (χ3v) is 3.90. The number of likely N-dealkylation sites (N-methyl/N-ethyl adjacent to an activating group) is 1. The van der Waals surface area contributed by atoms with Gasteiger partial charge in [-0.25, -0.2) is 0 Å². The third kappa shape index (κ3) is 3.13. The van der Waals surface area contributed by atoms with Gasteiger partial charge in [-0.15, -0.1) is 0 Å². The highest BCUT2D eigenvalue weighted by atomic mass is 16.6. The minimum absolute atomic E-state index is 0.104. The first-order valence-electron chi connectivity index (χ1n) is 7.38. The number of nitro benzene ring substituents is 1. The number of carbonyl (C=O) groups excluding carboxylic acids is 2. The highest BCUT2D eigenvalue weighted by Crippen LogP contribution is 2.40. The van der Waals surface area contributed by atoms with Crippen LogP contribution >= 0.6 is 0 Å². The minimum atomic E-state index is -0.962.